The molecule has 0 aliphatic rings. The Bertz CT molecular complexity index is 360. The van der Waals surface area contributed by atoms with Gasteiger partial charge in [-0.25, -0.2) is 0 Å². The van der Waals surface area contributed by atoms with Crippen molar-refractivity contribution < 1.29 is 14.6 Å². The zero-order valence-corrected chi connectivity index (χ0v) is 12.0. The molecule has 18 heavy (non-hydrogen) atoms. The van der Waals surface area contributed by atoms with Gasteiger partial charge in [0.05, 0.1) is 24.9 Å². The van der Waals surface area contributed by atoms with Crippen LogP contribution in [0.25, 0.3) is 0 Å². The standard InChI is InChI=1S/C15H24O3/c1-14(2,16)11-15(3,4)18-10-12-6-8-13(17-5)9-7-12/h6-9,16H,10-11H2,1-5H3. The quantitative estimate of drug-likeness (QED) is 0.845. The van der Waals surface area contributed by atoms with Gasteiger partial charge in [0.25, 0.3) is 0 Å². The molecule has 0 bridgehead atoms. The highest BCUT2D eigenvalue weighted by Gasteiger charge is 2.27. The summed E-state index contributed by atoms with van der Waals surface area (Å²) >= 11 is 0. The van der Waals surface area contributed by atoms with Crippen LogP contribution in [0.5, 0.6) is 5.75 Å². The van der Waals surface area contributed by atoms with Crippen molar-refractivity contribution in [3.8, 4) is 5.75 Å². The predicted molar refractivity (Wildman–Crippen MR) is 72.8 cm³/mol. The van der Waals surface area contributed by atoms with E-state index in [1.165, 1.54) is 0 Å². The number of ether oxygens (including phenoxy) is 2. The van der Waals surface area contributed by atoms with Crippen LogP contribution in [0.1, 0.15) is 39.7 Å². The van der Waals surface area contributed by atoms with Gasteiger partial charge in [0, 0.05) is 6.42 Å². The second-order valence-corrected chi connectivity index (χ2v) is 5.89. The van der Waals surface area contributed by atoms with E-state index >= 15 is 0 Å². The average Bonchev–Trinajstić information content (AvgIpc) is 2.24. The van der Waals surface area contributed by atoms with Gasteiger partial charge in [-0.1, -0.05) is 12.1 Å². The summed E-state index contributed by atoms with van der Waals surface area (Å²) in [5, 5.41) is 9.82. The van der Waals surface area contributed by atoms with E-state index in [2.05, 4.69) is 0 Å². The molecule has 0 amide bonds. The second-order valence-electron chi connectivity index (χ2n) is 5.89. The van der Waals surface area contributed by atoms with Gasteiger partial charge in [-0.3, -0.25) is 0 Å². The summed E-state index contributed by atoms with van der Waals surface area (Å²) in [7, 11) is 1.65. The molecule has 0 spiro atoms. The van der Waals surface area contributed by atoms with Gasteiger partial charge in [0.15, 0.2) is 0 Å². The Balaban J connectivity index is 2.53. The average molecular weight is 252 g/mol. The van der Waals surface area contributed by atoms with Crippen molar-refractivity contribution in [2.45, 2.75) is 51.9 Å². The molecule has 0 aliphatic carbocycles. The SMILES string of the molecule is COc1ccc(COC(C)(C)CC(C)(C)O)cc1. The molecular weight excluding hydrogens is 228 g/mol. The van der Waals surface area contributed by atoms with E-state index in [1.807, 2.05) is 38.1 Å². The highest BCUT2D eigenvalue weighted by Crippen LogP contribution is 2.24. The zero-order valence-electron chi connectivity index (χ0n) is 12.0. The zero-order chi connectivity index (χ0) is 13.8. The molecule has 102 valence electrons. The summed E-state index contributed by atoms with van der Waals surface area (Å²) in [4.78, 5) is 0. The number of aliphatic hydroxyl groups is 1. The van der Waals surface area contributed by atoms with Gasteiger partial charge in [-0.2, -0.15) is 0 Å². The predicted octanol–water partition coefficient (Wildman–Crippen LogP) is 3.15. The molecule has 0 atom stereocenters. The van der Waals surface area contributed by atoms with E-state index in [-0.39, 0.29) is 5.60 Å². The smallest absolute Gasteiger partial charge is 0.118 e. The first-order valence-corrected chi connectivity index (χ1v) is 6.21. The number of benzene rings is 1. The van der Waals surface area contributed by atoms with Crippen LogP contribution in [0, 0.1) is 0 Å². The third-order valence-electron chi connectivity index (χ3n) is 2.65. The van der Waals surface area contributed by atoms with Gasteiger partial charge in [0.1, 0.15) is 5.75 Å². The van der Waals surface area contributed by atoms with Crippen LogP contribution in [0.2, 0.25) is 0 Å². The Hall–Kier alpha value is -1.06. The number of rotatable bonds is 6. The highest BCUT2D eigenvalue weighted by molar-refractivity contribution is 5.26. The van der Waals surface area contributed by atoms with Crippen molar-refractivity contribution in [3.63, 3.8) is 0 Å². The number of hydrogen-bond acceptors (Lipinski definition) is 3. The molecule has 0 aromatic heterocycles. The fourth-order valence-electron chi connectivity index (χ4n) is 2.09. The van der Waals surface area contributed by atoms with E-state index in [4.69, 9.17) is 9.47 Å². The van der Waals surface area contributed by atoms with Crippen LogP contribution in [0.3, 0.4) is 0 Å². The second kappa shape index (κ2) is 5.72. The fraction of sp³-hybridized carbons (Fsp3) is 0.600. The van der Waals surface area contributed by atoms with E-state index in [0.29, 0.717) is 13.0 Å². The van der Waals surface area contributed by atoms with E-state index in [0.717, 1.165) is 11.3 Å². The van der Waals surface area contributed by atoms with Crippen molar-refractivity contribution >= 4 is 0 Å². The summed E-state index contributed by atoms with van der Waals surface area (Å²) in [6, 6.07) is 7.81. The number of methoxy groups -OCH3 is 1. The summed E-state index contributed by atoms with van der Waals surface area (Å²) in [5.74, 6) is 0.842. The topological polar surface area (TPSA) is 38.7 Å². The Morgan fingerprint density at radius 1 is 1.06 bits per heavy atom. The minimum absolute atomic E-state index is 0.349. The molecule has 0 fully saturated rings. The Morgan fingerprint density at radius 2 is 1.61 bits per heavy atom. The lowest BCUT2D eigenvalue weighted by atomic mass is 9.92. The number of hydrogen-bond donors (Lipinski definition) is 1. The van der Waals surface area contributed by atoms with Crippen molar-refractivity contribution in [3.05, 3.63) is 29.8 Å². The lowest BCUT2D eigenvalue weighted by Gasteiger charge is -2.31. The molecule has 1 aromatic rings. The minimum Gasteiger partial charge on any atom is -0.497 e. The maximum Gasteiger partial charge on any atom is 0.118 e. The lowest BCUT2D eigenvalue weighted by molar-refractivity contribution is -0.0808. The first-order chi connectivity index (χ1) is 8.22. The third-order valence-corrected chi connectivity index (χ3v) is 2.65. The molecule has 1 N–H and O–H groups in total. The Labute approximate surface area is 110 Å². The molecule has 0 aliphatic heterocycles. The van der Waals surface area contributed by atoms with E-state index in [9.17, 15) is 5.11 Å². The molecule has 0 radical (unpaired) electrons. The van der Waals surface area contributed by atoms with Gasteiger partial charge < -0.3 is 14.6 Å². The van der Waals surface area contributed by atoms with Crippen LogP contribution >= 0.6 is 0 Å². The summed E-state index contributed by atoms with van der Waals surface area (Å²) < 4.78 is 11.0. The van der Waals surface area contributed by atoms with E-state index < -0.39 is 5.60 Å². The van der Waals surface area contributed by atoms with Crippen molar-refractivity contribution in [1.29, 1.82) is 0 Å². The maximum absolute atomic E-state index is 9.82. The molecule has 3 heteroatoms. The van der Waals surface area contributed by atoms with Crippen LogP contribution in [-0.2, 0) is 11.3 Å². The molecule has 1 aromatic carbocycles. The van der Waals surface area contributed by atoms with Crippen LogP contribution in [0.4, 0.5) is 0 Å². The first kappa shape index (κ1) is 15.0. The Morgan fingerprint density at radius 3 is 2.06 bits per heavy atom. The monoisotopic (exact) mass is 252 g/mol. The lowest BCUT2D eigenvalue weighted by Crippen LogP contribution is -2.35. The fourth-order valence-corrected chi connectivity index (χ4v) is 2.09. The maximum atomic E-state index is 9.82. The molecule has 0 saturated carbocycles. The largest absolute Gasteiger partial charge is 0.497 e. The Kier molecular flexibility index (Phi) is 4.77. The summed E-state index contributed by atoms with van der Waals surface area (Å²) in [6.45, 7) is 8.12. The summed E-state index contributed by atoms with van der Waals surface area (Å²) in [5.41, 5.74) is 0.0290. The summed E-state index contributed by atoms with van der Waals surface area (Å²) in [6.07, 6.45) is 0.593. The molecule has 0 heterocycles. The first-order valence-electron chi connectivity index (χ1n) is 6.21. The van der Waals surface area contributed by atoms with Gasteiger partial charge in [-0.15, -0.1) is 0 Å². The van der Waals surface area contributed by atoms with Gasteiger partial charge in [-0.05, 0) is 45.4 Å². The van der Waals surface area contributed by atoms with Crippen LogP contribution in [0.15, 0.2) is 24.3 Å². The molecule has 0 unspecified atom stereocenters. The third kappa shape index (κ3) is 5.52. The van der Waals surface area contributed by atoms with Crippen molar-refractivity contribution in [2.75, 3.05) is 7.11 Å². The van der Waals surface area contributed by atoms with Crippen LogP contribution in [-0.4, -0.2) is 23.4 Å². The molecule has 1 rings (SSSR count). The van der Waals surface area contributed by atoms with Crippen LogP contribution < -0.4 is 4.74 Å². The molecule has 3 nitrogen and oxygen atoms in total. The van der Waals surface area contributed by atoms with Gasteiger partial charge >= 0.3 is 0 Å². The van der Waals surface area contributed by atoms with Crippen molar-refractivity contribution in [2.24, 2.45) is 0 Å². The molecular formula is C15H24O3. The molecule has 0 saturated heterocycles. The van der Waals surface area contributed by atoms with Crippen molar-refractivity contribution in [1.82, 2.24) is 0 Å². The van der Waals surface area contributed by atoms with E-state index in [1.54, 1.807) is 21.0 Å². The highest BCUT2D eigenvalue weighted by atomic mass is 16.5. The normalized spacial score (nSPS) is 12.6. The van der Waals surface area contributed by atoms with Gasteiger partial charge in [0.2, 0.25) is 0 Å². The minimum atomic E-state index is -0.719.